The fourth-order valence-corrected chi connectivity index (χ4v) is 3.46. The molecule has 0 aromatic heterocycles. The van der Waals surface area contributed by atoms with Crippen molar-refractivity contribution < 1.29 is 19.2 Å². The van der Waals surface area contributed by atoms with Gasteiger partial charge in [-0.2, -0.15) is 0 Å². The summed E-state index contributed by atoms with van der Waals surface area (Å²) in [7, 11) is 0. The maximum atomic E-state index is 12.7. The Morgan fingerprint density at radius 2 is 1.75 bits per heavy atom. The van der Waals surface area contributed by atoms with Gasteiger partial charge in [-0.3, -0.25) is 14.9 Å². The fourth-order valence-electron chi connectivity index (χ4n) is 3.46. The third-order valence-corrected chi connectivity index (χ3v) is 5.15. The number of rotatable bonds is 7. The highest BCUT2D eigenvalue weighted by Crippen LogP contribution is 2.30. The minimum Gasteiger partial charge on any atom is -0.489 e. The molecule has 164 valence electrons. The molecule has 0 atom stereocenters. The van der Waals surface area contributed by atoms with Crippen LogP contribution in [-0.4, -0.2) is 37.1 Å². The molecule has 0 saturated carbocycles. The molecule has 1 fully saturated rings. The SMILES string of the molecule is O=C(Nc1ccc(OCc2ccccc2)cc1)c1ccc(N2CCOCC2)c([N+](=O)[O-])c1. The van der Waals surface area contributed by atoms with E-state index in [9.17, 15) is 14.9 Å². The number of morpholine rings is 1. The van der Waals surface area contributed by atoms with Crippen LogP contribution >= 0.6 is 0 Å². The van der Waals surface area contributed by atoms with Gasteiger partial charge < -0.3 is 19.7 Å². The Morgan fingerprint density at radius 3 is 2.44 bits per heavy atom. The van der Waals surface area contributed by atoms with Crippen molar-refractivity contribution in [1.82, 2.24) is 0 Å². The minimum absolute atomic E-state index is 0.0933. The number of nitro groups is 1. The maximum Gasteiger partial charge on any atom is 0.293 e. The largest absolute Gasteiger partial charge is 0.489 e. The summed E-state index contributed by atoms with van der Waals surface area (Å²) in [4.78, 5) is 25.7. The summed E-state index contributed by atoms with van der Waals surface area (Å²) in [5, 5.41) is 14.4. The van der Waals surface area contributed by atoms with Crippen LogP contribution in [0.4, 0.5) is 17.1 Å². The monoisotopic (exact) mass is 433 g/mol. The van der Waals surface area contributed by atoms with E-state index in [-0.39, 0.29) is 11.3 Å². The number of hydrogen-bond donors (Lipinski definition) is 1. The summed E-state index contributed by atoms with van der Waals surface area (Å²) in [5.41, 5.74) is 2.26. The first-order chi connectivity index (χ1) is 15.6. The molecule has 1 N–H and O–H groups in total. The Bertz CT molecular complexity index is 1080. The third-order valence-electron chi connectivity index (χ3n) is 5.15. The first-order valence-corrected chi connectivity index (χ1v) is 10.3. The Balaban J connectivity index is 1.41. The zero-order valence-corrected chi connectivity index (χ0v) is 17.4. The summed E-state index contributed by atoms with van der Waals surface area (Å²) in [5.74, 6) is 0.261. The summed E-state index contributed by atoms with van der Waals surface area (Å²) in [6, 6.07) is 21.4. The van der Waals surface area contributed by atoms with Crippen LogP contribution in [0.1, 0.15) is 15.9 Å². The number of nitrogens with one attached hydrogen (secondary N) is 1. The van der Waals surface area contributed by atoms with Gasteiger partial charge in [-0.25, -0.2) is 0 Å². The fraction of sp³-hybridized carbons (Fsp3) is 0.208. The molecule has 0 bridgehead atoms. The van der Waals surface area contributed by atoms with Crippen molar-refractivity contribution in [3.63, 3.8) is 0 Å². The lowest BCUT2D eigenvalue weighted by Crippen LogP contribution is -2.36. The molecule has 32 heavy (non-hydrogen) atoms. The second-order valence-corrected chi connectivity index (χ2v) is 7.31. The number of amides is 1. The molecule has 1 aliphatic rings. The van der Waals surface area contributed by atoms with Gasteiger partial charge >= 0.3 is 0 Å². The van der Waals surface area contributed by atoms with Crippen LogP contribution in [0.2, 0.25) is 0 Å². The van der Waals surface area contributed by atoms with Gasteiger partial charge in [0, 0.05) is 30.4 Å². The molecule has 0 unspecified atom stereocenters. The highest BCUT2D eigenvalue weighted by Gasteiger charge is 2.23. The zero-order chi connectivity index (χ0) is 22.3. The molecule has 0 radical (unpaired) electrons. The predicted octanol–water partition coefficient (Wildman–Crippen LogP) is 4.26. The lowest BCUT2D eigenvalue weighted by Gasteiger charge is -2.28. The van der Waals surface area contributed by atoms with Crippen LogP contribution in [-0.2, 0) is 11.3 Å². The Kier molecular flexibility index (Phi) is 6.62. The molecular weight excluding hydrogens is 410 g/mol. The Hall–Kier alpha value is -3.91. The summed E-state index contributed by atoms with van der Waals surface area (Å²) < 4.78 is 11.1. The summed E-state index contributed by atoms with van der Waals surface area (Å²) in [6.45, 7) is 2.64. The molecule has 8 nitrogen and oxygen atoms in total. The first-order valence-electron chi connectivity index (χ1n) is 10.3. The van der Waals surface area contributed by atoms with Crippen LogP contribution < -0.4 is 15.0 Å². The molecule has 4 rings (SSSR count). The average molecular weight is 433 g/mol. The maximum absolute atomic E-state index is 12.7. The second kappa shape index (κ2) is 9.93. The summed E-state index contributed by atoms with van der Waals surface area (Å²) >= 11 is 0. The van der Waals surface area contributed by atoms with E-state index in [1.807, 2.05) is 35.2 Å². The molecule has 1 aliphatic heterocycles. The van der Waals surface area contributed by atoms with Gasteiger partial charge in [-0.15, -0.1) is 0 Å². The lowest BCUT2D eigenvalue weighted by atomic mass is 10.1. The van der Waals surface area contributed by atoms with Crippen molar-refractivity contribution in [3.05, 3.63) is 94.0 Å². The van der Waals surface area contributed by atoms with Gasteiger partial charge in [-0.05, 0) is 42.0 Å². The number of hydrogen-bond acceptors (Lipinski definition) is 6. The van der Waals surface area contributed by atoms with Gasteiger partial charge in [0.15, 0.2) is 0 Å². The van der Waals surface area contributed by atoms with E-state index < -0.39 is 10.8 Å². The van der Waals surface area contributed by atoms with E-state index in [4.69, 9.17) is 9.47 Å². The Morgan fingerprint density at radius 1 is 1.03 bits per heavy atom. The van der Waals surface area contributed by atoms with Crippen LogP contribution in [0.15, 0.2) is 72.8 Å². The molecular formula is C24H23N3O5. The molecule has 1 heterocycles. The molecule has 8 heteroatoms. The summed E-state index contributed by atoms with van der Waals surface area (Å²) in [6.07, 6.45) is 0. The lowest BCUT2D eigenvalue weighted by molar-refractivity contribution is -0.384. The standard InChI is InChI=1S/C24H23N3O5/c28-24(19-6-11-22(23(16-19)27(29)30)26-12-14-31-15-13-26)25-20-7-9-21(10-8-20)32-17-18-4-2-1-3-5-18/h1-11,16H,12-15,17H2,(H,25,28). The number of carbonyl (C=O) groups is 1. The van der Waals surface area contributed by atoms with E-state index in [1.165, 1.54) is 6.07 Å². The molecule has 1 saturated heterocycles. The van der Waals surface area contributed by atoms with Gasteiger partial charge in [0.25, 0.3) is 11.6 Å². The number of carbonyl (C=O) groups excluding carboxylic acids is 1. The van der Waals surface area contributed by atoms with Crippen LogP contribution in [0, 0.1) is 10.1 Å². The number of nitro benzene ring substituents is 1. The predicted molar refractivity (Wildman–Crippen MR) is 121 cm³/mol. The first kappa shape index (κ1) is 21.3. The van der Waals surface area contributed by atoms with E-state index in [0.29, 0.717) is 50.0 Å². The van der Waals surface area contributed by atoms with Gasteiger partial charge in [0.2, 0.25) is 0 Å². The van der Waals surface area contributed by atoms with Crippen molar-refractivity contribution >= 4 is 23.0 Å². The van der Waals surface area contributed by atoms with Crippen LogP contribution in [0.5, 0.6) is 5.75 Å². The highest BCUT2D eigenvalue weighted by molar-refractivity contribution is 6.05. The zero-order valence-electron chi connectivity index (χ0n) is 17.4. The van der Waals surface area contributed by atoms with Crippen LogP contribution in [0.25, 0.3) is 0 Å². The topological polar surface area (TPSA) is 93.9 Å². The van der Waals surface area contributed by atoms with Gasteiger partial charge in [-0.1, -0.05) is 30.3 Å². The van der Waals surface area contributed by atoms with Crippen molar-refractivity contribution in [2.24, 2.45) is 0 Å². The smallest absolute Gasteiger partial charge is 0.293 e. The van der Waals surface area contributed by atoms with Crippen LogP contribution in [0.3, 0.4) is 0 Å². The minimum atomic E-state index is -0.458. The van der Waals surface area contributed by atoms with Crippen molar-refractivity contribution in [2.75, 3.05) is 36.5 Å². The normalized spacial score (nSPS) is 13.4. The number of nitrogens with zero attached hydrogens (tertiary/aromatic N) is 2. The van der Waals surface area contributed by atoms with Crippen molar-refractivity contribution in [1.29, 1.82) is 0 Å². The molecule has 0 aliphatic carbocycles. The van der Waals surface area contributed by atoms with E-state index in [2.05, 4.69) is 5.32 Å². The van der Waals surface area contributed by atoms with Gasteiger partial charge in [0.1, 0.15) is 18.0 Å². The molecule has 3 aromatic carbocycles. The van der Waals surface area contributed by atoms with Crippen molar-refractivity contribution in [3.8, 4) is 5.75 Å². The average Bonchev–Trinajstić information content (AvgIpc) is 2.84. The molecule has 3 aromatic rings. The molecule has 1 amide bonds. The second-order valence-electron chi connectivity index (χ2n) is 7.31. The van der Waals surface area contributed by atoms with Crippen molar-refractivity contribution in [2.45, 2.75) is 6.61 Å². The number of anilines is 2. The Labute approximate surface area is 185 Å². The number of benzene rings is 3. The highest BCUT2D eigenvalue weighted by atomic mass is 16.6. The number of ether oxygens (including phenoxy) is 2. The van der Waals surface area contributed by atoms with E-state index in [0.717, 1.165) is 5.56 Å². The van der Waals surface area contributed by atoms with E-state index >= 15 is 0 Å². The van der Waals surface area contributed by atoms with Gasteiger partial charge in [0.05, 0.1) is 18.1 Å². The molecule has 0 spiro atoms. The van der Waals surface area contributed by atoms with E-state index in [1.54, 1.807) is 36.4 Å². The third kappa shape index (κ3) is 5.22. The quantitative estimate of drug-likeness (QED) is 0.442.